The maximum absolute atomic E-state index is 9.40. The number of guanidine groups is 1. The van der Waals surface area contributed by atoms with Crippen LogP contribution in [0.25, 0.3) is 0 Å². The predicted octanol–water partition coefficient (Wildman–Crippen LogP) is 2.25. The van der Waals surface area contributed by atoms with Crippen molar-refractivity contribution in [3.05, 3.63) is 29.8 Å². The van der Waals surface area contributed by atoms with Gasteiger partial charge in [0.2, 0.25) is 0 Å². The molecule has 188 valence electrons. The summed E-state index contributed by atoms with van der Waals surface area (Å²) in [6, 6.07) is 8.78. The molecule has 3 rings (SSSR count). The Labute approximate surface area is 215 Å². The van der Waals surface area contributed by atoms with Gasteiger partial charge >= 0.3 is 0 Å². The van der Waals surface area contributed by atoms with Gasteiger partial charge in [-0.15, -0.1) is 24.0 Å². The van der Waals surface area contributed by atoms with Gasteiger partial charge in [0, 0.05) is 64.6 Å². The molecule has 2 heterocycles. The molecule has 9 heteroatoms. The number of nitrogens with zero attached hydrogens (tertiary/aromatic N) is 2. The molecular formula is C24H41IN4O4. The van der Waals surface area contributed by atoms with Crippen LogP contribution in [0.4, 0.5) is 0 Å². The lowest BCUT2D eigenvalue weighted by atomic mass is 9.84. The average Bonchev–Trinajstić information content (AvgIpc) is 3.29. The highest BCUT2D eigenvalue weighted by molar-refractivity contribution is 14.0. The second-order valence-corrected chi connectivity index (χ2v) is 8.88. The zero-order valence-electron chi connectivity index (χ0n) is 20.1. The molecule has 2 fully saturated rings. The van der Waals surface area contributed by atoms with Gasteiger partial charge in [-0.2, -0.15) is 0 Å². The van der Waals surface area contributed by atoms with E-state index in [1.807, 2.05) is 12.1 Å². The van der Waals surface area contributed by atoms with Crippen molar-refractivity contribution in [2.45, 2.75) is 38.3 Å². The van der Waals surface area contributed by atoms with E-state index in [9.17, 15) is 5.11 Å². The first kappa shape index (κ1) is 28.1. The Kier molecular flexibility index (Phi) is 12.8. The zero-order chi connectivity index (χ0) is 22.7. The number of benzene rings is 1. The third-order valence-corrected chi connectivity index (χ3v) is 6.57. The van der Waals surface area contributed by atoms with Crippen LogP contribution in [0.15, 0.2) is 29.3 Å². The van der Waals surface area contributed by atoms with Crippen molar-refractivity contribution in [2.75, 3.05) is 66.8 Å². The van der Waals surface area contributed by atoms with Crippen LogP contribution >= 0.6 is 24.0 Å². The number of hydrogen-bond acceptors (Lipinski definition) is 6. The van der Waals surface area contributed by atoms with Crippen molar-refractivity contribution < 1.29 is 19.3 Å². The second-order valence-electron chi connectivity index (χ2n) is 8.88. The molecule has 0 amide bonds. The molecule has 0 bridgehead atoms. The Hall–Kier alpha value is -1.14. The molecule has 1 aromatic rings. The van der Waals surface area contributed by atoms with E-state index in [0.29, 0.717) is 25.8 Å². The van der Waals surface area contributed by atoms with Crippen LogP contribution in [0.5, 0.6) is 5.75 Å². The number of ether oxygens (including phenoxy) is 3. The number of aliphatic imine (C=N–C) groups is 1. The highest BCUT2D eigenvalue weighted by Gasteiger charge is 2.34. The van der Waals surface area contributed by atoms with E-state index in [1.54, 1.807) is 7.05 Å². The van der Waals surface area contributed by atoms with E-state index in [2.05, 4.69) is 39.7 Å². The SMILES string of the molecule is CN=C(NCc1cccc(OCCN(C)C2CCOCC2)c1)NCC1(CCO)CCOC1.I. The Balaban J connectivity index is 0.00000385. The van der Waals surface area contributed by atoms with Crippen molar-refractivity contribution in [1.82, 2.24) is 15.5 Å². The van der Waals surface area contributed by atoms with Crippen molar-refractivity contribution >= 4 is 29.9 Å². The molecule has 0 spiro atoms. The van der Waals surface area contributed by atoms with E-state index >= 15 is 0 Å². The van der Waals surface area contributed by atoms with Gasteiger partial charge in [-0.3, -0.25) is 9.89 Å². The fraction of sp³-hybridized carbons (Fsp3) is 0.708. The van der Waals surface area contributed by atoms with Gasteiger partial charge in [-0.1, -0.05) is 12.1 Å². The van der Waals surface area contributed by atoms with E-state index in [1.165, 1.54) is 0 Å². The van der Waals surface area contributed by atoms with Crippen LogP contribution < -0.4 is 15.4 Å². The molecule has 1 atom stereocenters. The molecular weight excluding hydrogens is 535 g/mol. The largest absolute Gasteiger partial charge is 0.492 e. The van der Waals surface area contributed by atoms with Crippen LogP contribution in [0.2, 0.25) is 0 Å². The lowest BCUT2D eigenvalue weighted by molar-refractivity contribution is 0.0392. The van der Waals surface area contributed by atoms with Crippen LogP contribution in [0.3, 0.4) is 0 Å². The number of rotatable bonds is 11. The molecule has 2 saturated heterocycles. The van der Waals surface area contributed by atoms with Gasteiger partial charge in [0.15, 0.2) is 5.96 Å². The van der Waals surface area contributed by atoms with Crippen molar-refractivity contribution in [1.29, 1.82) is 0 Å². The highest BCUT2D eigenvalue weighted by Crippen LogP contribution is 2.31. The summed E-state index contributed by atoms with van der Waals surface area (Å²) in [7, 11) is 3.94. The standard InChI is InChI=1S/C24H40N4O4.HI/c1-25-23(27-18-24(8-11-29)9-14-31-19-24)26-17-20-4-3-5-22(16-20)32-15-10-28(2)21-6-12-30-13-7-21;/h3-5,16,21,29H,6-15,17-19H2,1-2H3,(H2,25,26,27);1H. The van der Waals surface area contributed by atoms with Crippen molar-refractivity contribution in [3.8, 4) is 5.75 Å². The summed E-state index contributed by atoms with van der Waals surface area (Å²) in [5.74, 6) is 1.64. The van der Waals surface area contributed by atoms with Gasteiger partial charge in [0.1, 0.15) is 12.4 Å². The van der Waals surface area contributed by atoms with Gasteiger partial charge in [-0.05, 0) is 50.4 Å². The summed E-state index contributed by atoms with van der Waals surface area (Å²) < 4.78 is 17.0. The normalized spacial score (nSPS) is 21.6. The quantitative estimate of drug-likeness (QED) is 0.212. The van der Waals surface area contributed by atoms with Gasteiger partial charge < -0.3 is 30.0 Å². The third kappa shape index (κ3) is 9.20. The molecule has 0 saturated carbocycles. The summed E-state index contributed by atoms with van der Waals surface area (Å²) in [5, 5.41) is 16.2. The molecule has 0 radical (unpaired) electrons. The molecule has 2 aliphatic heterocycles. The predicted molar refractivity (Wildman–Crippen MR) is 142 cm³/mol. The molecule has 3 N–H and O–H groups in total. The maximum Gasteiger partial charge on any atom is 0.191 e. The summed E-state index contributed by atoms with van der Waals surface area (Å²) in [6.45, 7) is 6.30. The Bertz CT molecular complexity index is 709. The fourth-order valence-corrected chi connectivity index (χ4v) is 4.35. The first-order valence-electron chi connectivity index (χ1n) is 11.8. The zero-order valence-corrected chi connectivity index (χ0v) is 22.4. The van der Waals surface area contributed by atoms with Crippen molar-refractivity contribution in [3.63, 3.8) is 0 Å². The minimum Gasteiger partial charge on any atom is -0.492 e. The molecule has 1 unspecified atom stereocenters. The second kappa shape index (κ2) is 15.0. The first-order chi connectivity index (χ1) is 15.6. The van der Waals surface area contributed by atoms with Crippen LogP contribution in [-0.2, 0) is 16.0 Å². The molecule has 1 aromatic carbocycles. The molecule has 2 aliphatic rings. The fourth-order valence-electron chi connectivity index (χ4n) is 4.35. The Morgan fingerprint density at radius 3 is 2.76 bits per heavy atom. The summed E-state index contributed by atoms with van der Waals surface area (Å²) >= 11 is 0. The number of aliphatic hydroxyl groups is 1. The van der Waals surface area contributed by atoms with Crippen LogP contribution in [0, 0.1) is 5.41 Å². The Morgan fingerprint density at radius 2 is 2.06 bits per heavy atom. The lowest BCUT2D eigenvalue weighted by Crippen LogP contribution is -2.44. The number of likely N-dealkylation sites (N-methyl/N-ethyl adjacent to an activating group) is 1. The number of halogens is 1. The number of nitrogens with one attached hydrogen (secondary N) is 2. The summed E-state index contributed by atoms with van der Waals surface area (Å²) in [5.41, 5.74) is 1.12. The van der Waals surface area contributed by atoms with Gasteiger partial charge in [0.05, 0.1) is 6.61 Å². The van der Waals surface area contributed by atoms with E-state index in [4.69, 9.17) is 14.2 Å². The lowest BCUT2D eigenvalue weighted by Gasteiger charge is -2.31. The van der Waals surface area contributed by atoms with Crippen molar-refractivity contribution in [2.24, 2.45) is 10.4 Å². The topological polar surface area (TPSA) is 87.6 Å². The molecule has 0 aromatic heterocycles. The molecule has 33 heavy (non-hydrogen) atoms. The van der Waals surface area contributed by atoms with E-state index in [0.717, 1.165) is 75.9 Å². The summed E-state index contributed by atoms with van der Waals surface area (Å²) in [6.07, 6.45) is 3.89. The third-order valence-electron chi connectivity index (χ3n) is 6.57. The molecule has 8 nitrogen and oxygen atoms in total. The van der Waals surface area contributed by atoms with E-state index in [-0.39, 0.29) is 36.0 Å². The van der Waals surface area contributed by atoms with Gasteiger partial charge in [0.25, 0.3) is 0 Å². The number of aliphatic hydroxyl groups excluding tert-OH is 1. The molecule has 0 aliphatic carbocycles. The monoisotopic (exact) mass is 576 g/mol. The maximum atomic E-state index is 9.40. The highest BCUT2D eigenvalue weighted by atomic mass is 127. The first-order valence-corrected chi connectivity index (χ1v) is 11.8. The minimum atomic E-state index is -0.0159. The number of hydrogen-bond donors (Lipinski definition) is 3. The van der Waals surface area contributed by atoms with Crippen LogP contribution in [0.1, 0.15) is 31.2 Å². The average molecular weight is 577 g/mol. The summed E-state index contributed by atoms with van der Waals surface area (Å²) in [4.78, 5) is 6.71. The van der Waals surface area contributed by atoms with E-state index < -0.39 is 0 Å². The minimum absolute atomic E-state index is 0. The smallest absolute Gasteiger partial charge is 0.191 e. The Morgan fingerprint density at radius 1 is 1.24 bits per heavy atom. The van der Waals surface area contributed by atoms with Gasteiger partial charge in [-0.25, -0.2) is 0 Å². The van der Waals surface area contributed by atoms with Crippen LogP contribution in [-0.4, -0.2) is 88.8 Å².